The molecule has 0 spiro atoms. The number of halogens is 1. The van der Waals surface area contributed by atoms with Crippen LogP contribution in [0, 0.1) is 5.82 Å². The summed E-state index contributed by atoms with van der Waals surface area (Å²) in [5.41, 5.74) is 3.37. The van der Waals surface area contributed by atoms with E-state index in [2.05, 4.69) is 21.4 Å². The largest absolute Gasteiger partial charge is 0.353 e. The third-order valence-electron chi connectivity index (χ3n) is 4.16. The zero-order valence-electron chi connectivity index (χ0n) is 13.4. The average molecular weight is 333 g/mol. The molecule has 0 saturated carbocycles. The summed E-state index contributed by atoms with van der Waals surface area (Å²) in [6.45, 7) is 0. The van der Waals surface area contributed by atoms with E-state index in [1.54, 1.807) is 18.3 Å². The van der Waals surface area contributed by atoms with Crippen molar-refractivity contribution in [3.8, 4) is 0 Å². The van der Waals surface area contributed by atoms with Crippen molar-refractivity contribution in [1.82, 2.24) is 9.97 Å². The number of benzene rings is 2. The van der Waals surface area contributed by atoms with Crippen LogP contribution in [-0.4, -0.2) is 15.9 Å². The Kier molecular flexibility index (Phi) is 3.90. The SMILES string of the molecule is O=C(CCc1cc2c(cn1)[nH]c1ccccc12)Nc1cccc(F)c1. The number of anilines is 1. The Morgan fingerprint density at radius 2 is 1.92 bits per heavy atom. The van der Waals surface area contributed by atoms with Crippen molar-refractivity contribution in [1.29, 1.82) is 0 Å². The van der Waals surface area contributed by atoms with Gasteiger partial charge in [-0.05, 0) is 36.8 Å². The molecule has 0 aliphatic carbocycles. The summed E-state index contributed by atoms with van der Waals surface area (Å²) in [4.78, 5) is 19.8. The summed E-state index contributed by atoms with van der Waals surface area (Å²) < 4.78 is 13.1. The molecule has 4 aromatic rings. The molecule has 2 N–H and O–H groups in total. The molecule has 0 fully saturated rings. The van der Waals surface area contributed by atoms with Gasteiger partial charge in [0.1, 0.15) is 5.82 Å². The number of fused-ring (bicyclic) bond motifs is 3. The number of aryl methyl sites for hydroxylation is 1. The standard InChI is InChI=1S/C20H16FN3O/c21-13-4-3-5-15(10-13)23-20(25)9-8-14-11-17-16-6-1-2-7-18(16)24-19(17)12-22-14/h1-7,10-12,24H,8-9H2,(H,23,25). The minimum absolute atomic E-state index is 0.161. The molecular formula is C20H16FN3O. The van der Waals surface area contributed by atoms with Gasteiger partial charge in [0.25, 0.3) is 0 Å². The molecular weight excluding hydrogens is 317 g/mol. The molecule has 2 aromatic heterocycles. The van der Waals surface area contributed by atoms with E-state index >= 15 is 0 Å². The van der Waals surface area contributed by atoms with Gasteiger partial charge in [-0.3, -0.25) is 9.78 Å². The number of hydrogen-bond acceptors (Lipinski definition) is 2. The second kappa shape index (κ2) is 6.36. The van der Waals surface area contributed by atoms with Crippen LogP contribution in [0.5, 0.6) is 0 Å². The van der Waals surface area contributed by atoms with Crippen LogP contribution in [0.2, 0.25) is 0 Å². The highest BCUT2D eigenvalue weighted by atomic mass is 19.1. The molecule has 4 nitrogen and oxygen atoms in total. The van der Waals surface area contributed by atoms with E-state index in [0.29, 0.717) is 12.1 Å². The van der Waals surface area contributed by atoms with Gasteiger partial charge < -0.3 is 10.3 Å². The number of nitrogens with one attached hydrogen (secondary N) is 2. The van der Waals surface area contributed by atoms with E-state index in [-0.39, 0.29) is 18.1 Å². The molecule has 0 unspecified atom stereocenters. The summed E-state index contributed by atoms with van der Waals surface area (Å²) in [7, 11) is 0. The van der Waals surface area contributed by atoms with Crippen molar-refractivity contribution in [2.45, 2.75) is 12.8 Å². The van der Waals surface area contributed by atoms with Crippen molar-refractivity contribution in [3.05, 3.63) is 72.3 Å². The van der Waals surface area contributed by atoms with E-state index in [1.807, 2.05) is 24.3 Å². The summed E-state index contributed by atoms with van der Waals surface area (Å²) in [5.74, 6) is -0.532. The van der Waals surface area contributed by atoms with Crippen molar-refractivity contribution < 1.29 is 9.18 Å². The minimum atomic E-state index is -0.371. The van der Waals surface area contributed by atoms with Crippen molar-refractivity contribution in [2.24, 2.45) is 0 Å². The Morgan fingerprint density at radius 1 is 1.04 bits per heavy atom. The summed E-state index contributed by atoms with van der Waals surface area (Å²) in [5, 5.41) is 4.95. The molecule has 5 heteroatoms. The van der Waals surface area contributed by atoms with Crippen LogP contribution >= 0.6 is 0 Å². The first-order valence-corrected chi connectivity index (χ1v) is 8.10. The number of aromatic nitrogens is 2. The van der Waals surface area contributed by atoms with Crippen molar-refractivity contribution in [2.75, 3.05) is 5.32 Å². The second-order valence-corrected chi connectivity index (χ2v) is 5.95. The highest BCUT2D eigenvalue weighted by molar-refractivity contribution is 6.07. The predicted molar refractivity (Wildman–Crippen MR) is 97.0 cm³/mol. The van der Waals surface area contributed by atoms with Gasteiger partial charge in [0.05, 0.1) is 11.7 Å². The summed E-state index contributed by atoms with van der Waals surface area (Å²) in [6, 6.07) is 16.0. The molecule has 0 aliphatic heterocycles. The number of H-pyrrole nitrogens is 1. The first-order chi connectivity index (χ1) is 12.2. The van der Waals surface area contributed by atoms with Crippen LogP contribution in [-0.2, 0) is 11.2 Å². The Labute approximate surface area is 143 Å². The first-order valence-electron chi connectivity index (χ1n) is 8.10. The van der Waals surface area contributed by atoms with Crippen LogP contribution in [0.1, 0.15) is 12.1 Å². The third-order valence-corrected chi connectivity index (χ3v) is 4.16. The average Bonchev–Trinajstić information content (AvgIpc) is 2.98. The molecule has 0 bridgehead atoms. The quantitative estimate of drug-likeness (QED) is 0.580. The molecule has 0 saturated heterocycles. The highest BCUT2D eigenvalue weighted by Crippen LogP contribution is 2.25. The zero-order valence-corrected chi connectivity index (χ0v) is 13.4. The Hall–Kier alpha value is -3.21. The third kappa shape index (κ3) is 3.21. The minimum Gasteiger partial charge on any atom is -0.353 e. The van der Waals surface area contributed by atoms with E-state index < -0.39 is 0 Å². The van der Waals surface area contributed by atoms with E-state index in [9.17, 15) is 9.18 Å². The van der Waals surface area contributed by atoms with E-state index in [1.165, 1.54) is 12.1 Å². The maximum atomic E-state index is 13.1. The molecule has 25 heavy (non-hydrogen) atoms. The van der Waals surface area contributed by atoms with Gasteiger partial charge in [0.15, 0.2) is 0 Å². The monoisotopic (exact) mass is 333 g/mol. The lowest BCUT2D eigenvalue weighted by Gasteiger charge is -2.05. The lowest BCUT2D eigenvalue weighted by Crippen LogP contribution is -2.12. The molecule has 1 amide bonds. The van der Waals surface area contributed by atoms with Gasteiger partial charge in [-0.15, -0.1) is 0 Å². The van der Waals surface area contributed by atoms with Crippen LogP contribution in [0.4, 0.5) is 10.1 Å². The predicted octanol–water partition coefficient (Wildman–Crippen LogP) is 4.43. The fraction of sp³-hybridized carbons (Fsp3) is 0.100. The van der Waals surface area contributed by atoms with Gasteiger partial charge in [-0.1, -0.05) is 24.3 Å². The normalized spacial score (nSPS) is 11.1. The number of carbonyl (C=O) groups excluding carboxylic acids is 1. The maximum Gasteiger partial charge on any atom is 0.224 e. The van der Waals surface area contributed by atoms with E-state index in [0.717, 1.165) is 27.5 Å². The van der Waals surface area contributed by atoms with Gasteiger partial charge in [0.2, 0.25) is 5.91 Å². The number of rotatable bonds is 4. The summed E-state index contributed by atoms with van der Waals surface area (Å²) >= 11 is 0. The van der Waals surface area contributed by atoms with Crippen molar-refractivity contribution >= 4 is 33.4 Å². The molecule has 0 atom stereocenters. The number of para-hydroxylation sites is 1. The lowest BCUT2D eigenvalue weighted by molar-refractivity contribution is -0.116. The van der Waals surface area contributed by atoms with Crippen molar-refractivity contribution in [3.63, 3.8) is 0 Å². The number of hydrogen-bond donors (Lipinski definition) is 2. The van der Waals surface area contributed by atoms with Gasteiger partial charge in [0, 0.05) is 34.1 Å². The fourth-order valence-electron chi connectivity index (χ4n) is 2.96. The molecule has 4 rings (SSSR count). The van der Waals surface area contributed by atoms with Crippen LogP contribution in [0.15, 0.2) is 60.8 Å². The number of aromatic amines is 1. The molecule has 0 aliphatic rings. The molecule has 0 radical (unpaired) electrons. The molecule has 2 aromatic carbocycles. The first kappa shape index (κ1) is 15.3. The Balaban J connectivity index is 1.49. The Morgan fingerprint density at radius 3 is 2.80 bits per heavy atom. The summed E-state index contributed by atoms with van der Waals surface area (Å²) in [6.07, 6.45) is 2.61. The molecule has 124 valence electrons. The zero-order chi connectivity index (χ0) is 17.2. The fourth-order valence-corrected chi connectivity index (χ4v) is 2.96. The van der Waals surface area contributed by atoms with Gasteiger partial charge in [-0.25, -0.2) is 4.39 Å². The van der Waals surface area contributed by atoms with Gasteiger partial charge in [-0.2, -0.15) is 0 Å². The lowest BCUT2D eigenvalue weighted by atomic mass is 10.1. The van der Waals surface area contributed by atoms with Crippen LogP contribution in [0.3, 0.4) is 0 Å². The Bertz CT molecular complexity index is 1070. The number of amides is 1. The number of nitrogens with zero attached hydrogens (tertiary/aromatic N) is 1. The van der Waals surface area contributed by atoms with E-state index in [4.69, 9.17) is 0 Å². The molecule has 2 heterocycles. The highest BCUT2D eigenvalue weighted by Gasteiger charge is 2.08. The smallest absolute Gasteiger partial charge is 0.224 e. The topological polar surface area (TPSA) is 57.8 Å². The van der Waals surface area contributed by atoms with Crippen LogP contribution in [0.25, 0.3) is 21.8 Å². The maximum absolute atomic E-state index is 13.1. The number of carbonyl (C=O) groups is 1. The van der Waals surface area contributed by atoms with Gasteiger partial charge >= 0.3 is 0 Å². The second-order valence-electron chi connectivity index (χ2n) is 5.95. The number of pyridine rings is 1. The van der Waals surface area contributed by atoms with Crippen LogP contribution < -0.4 is 5.32 Å².